The lowest BCUT2D eigenvalue weighted by Gasteiger charge is -2.36. The maximum absolute atomic E-state index is 12.9. The Morgan fingerprint density at radius 3 is 2.33 bits per heavy atom. The zero-order valence-electron chi connectivity index (χ0n) is 17.8. The standard InChI is InChI=1S/C22H29N3O5/c1-22(2,3)30-21(28)23-11-12-24-17(13-23)14-25(20(24)27)16-9-7-15(8-10-16)19(26)29-18-5-4-6-18/h7-10,17-18H,4-6,11-14H2,1-3H3/t17-/m0/s1. The molecular weight excluding hydrogens is 386 g/mol. The average molecular weight is 415 g/mol. The second-order valence-electron chi connectivity index (χ2n) is 9.17. The summed E-state index contributed by atoms with van der Waals surface area (Å²) in [7, 11) is 0. The Morgan fingerprint density at radius 2 is 1.73 bits per heavy atom. The van der Waals surface area contributed by atoms with Crippen molar-refractivity contribution in [3.8, 4) is 0 Å². The highest BCUT2D eigenvalue weighted by molar-refractivity contribution is 5.96. The molecule has 2 heterocycles. The predicted molar refractivity (Wildman–Crippen MR) is 111 cm³/mol. The molecule has 162 valence electrons. The fourth-order valence-corrected chi connectivity index (χ4v) is 3.90. The first kappa shape index (κ1) is 20.5. The summed E-state index contributed by atoms with van der Waals surface area (Å²) in [5.74, 6) is -0.315. The number of carbonyl (C=O) groups excluding carboxylic acids is 3. The van der Waals surface area contributed by atoms with Crippen LogP contribution in [0.1, 0.15) is 50.4 Å². The van der Waals surface area contributed by atoms with Gasteiger partial charge in [-0.2, -0.15) is 0 Å². The topological polar surface area (TPSA) is 79.4 Å². The molecule has 1 aromatic rings. The van der Waals surface area contributed by atoms with Crippen molar-refractivity contribution in [3.05, 3.63) is 29.8 Å². The molecule has 0 aromatic heterocycles. The zero-order valence-corrected chi connectivity index (χ0v) is 17.8. The van der Waals surface area contributed by atoms with Crippen LogP contribution >= 0.6 is 0 Å². The van der Waals surface area contributed by atoms with Crippen molar-refractivity contribution in [2.24, 2.45) is 0 Å². The molecule has 30 heavy (non-hydrogen) atoms. The van der Waals surface area contributed by atoms with Gasteiger partial charge in [-0.3, -0.25) is 4.90 Å². The minimum absolute atomic E-state index is 0.0428. The van der Waals surface area contributed by atoms with Gasteiger partial charge >= 0.3 is 18.1 Å². The molecule has 0 bridgehead atoms. The Bertz CT molecular complexity index is 828. The van der Waals surface area contributed by atoms with Crippen LogP contribution in [-0.4, -0.2) is 71.8 Å². The molecule has 1 saturated carbocycles. The lowest BCUT2D eigenvalue weighted by atomic mass is 9.96. The first-order valence-corrected chi connectivity index (χ1v) is 10.6. The van der Waals surface area contributed by atoms with Crippen LogP contribution in [0.4, 0.5) is 15.3 Å². The van der Waals surface area contributed by atoms with Crippen molar-refractivity contribution in [2.45, 2.75) is 57.8 Å². The van der Waals surface area contributed by atoms with Gasteiger partial charge in [-0.05, 0) is 64.3 Å². The summed E-state index contributed by atoms with van der Waals surface area (Å²) in [5, 5.41) is 0. The van der Waals surface area contributed by atoms with E-state index in [9.17, 15) is 14.4 Å². The van der Waals surface area contributed by atoms with E-state index in [1.165, 1.54) is 0 Å². The highest BCUT2D eigenvalue weighted by Gasteiger charge is 2.43. The minimum Gasteiger partial charge on any atom is -0.459 e. The Morgan fingerprint density at radius 1 is 1.03 bits per heavy atom. The number of esters is 1. The summed E-state index contributed by atoms with van der Waals surface area (Å²) in [6, 6.07) is 6.80. The molecule has 8 nitrogen and oxygen atoms in total. The largest absolute Gasteiger partial charge is 0.459 e. The number of urea groups is 1. The van der Waals surface area contributed by atoms with Crippen molar-refractivity contribution in [1.29, 1.82) is 0 Å². The van der Waals surface area contributed by atoms with Gasteiger partial charge in [-0.1, -0.05) is 0 Å². The van der Waals surface area contributed by atoms with Gasteiger partial charge in [0.05, 0.1) is 11.6 Å². The molecule has 3 amide bonds. The van der Waals surface area contributed by atoms with Gasteiger partial charge in [0.1, 0.15) is 11.7 Å². The summed E-state index contributed by atoms with van der Waals surface area (Å²) < 4.78 is 10.9. The van der Waals surface area contributed by atoms with Gasteiger partial charge in [0, 0.05) is 31.9 Å². The number of anilines is 1. The molecule has 3 fully saturated rings. The van der Waals surface area contributed by atoms with Gasteiger partial charge < -0.3 is 19.3 Å². The maximum atomic E-state index is 12.9. The van der Waals surface area contributed by atoms with Crippen LogP contribution in [0.3, 0.4) is 0 Å². The number of hydrogen-bond acceptors (Lipinski definition) is 5. The fraction of sp³-hybridized carbons (Fsp3) is 0.591. The molecule has 1 atom stereocenters. The number of amides is 3. The van der Waals surface area contributed by atoms with Crippen molar-refractivity contribution in [3.63, 3.8) is 0 Å². The first-order chi connectivity index (χ1) is 14.2. The first-order valence-electron chi connectivity index (χ1n) is 10.6. The SMILES string of the molecule is CC(C)(C)OC(=O)N1CCN2C(=O)N(c3ccc(C(=O)OC4CCC4)cc3)C[C@@H]2C1. The van der Waals surface area contributed by atoms with Gasteiger partial charge in [-0.25, -0.2) is 14.4 Å². The Labute approximate surface area is 176 Å². The molecule has 0 spiro atoms. The van der Waals surface area contributed by atoms with Crippen molar-refractivity contribution < 1.29 is 23.9 Å². The second kappa shape index (κ2) is 7.81. The summed E-state index contributed by atoms with van der Waals surface area (Å²) in [4.78, 5) is 42.6. The van der Waals surface area contributed by atoms with E-state index < -0.39 is 5.60 Å². The van der Waals surface area contributed by atoms with E-state index in [2.05, 4.69) is 0 Å². The van der Waals surface area contributed by atoms with E-state index >= 15 is 0 Å². The number of nitrogens with zero attached hydrogens (tertiary/aromatic N) is 3. The highest BCUT2D eigenvalue weighted by Crippen LogP contribution is 2.28. The van der Waals surface area contributed by atoms with Crippen LogP contribution in [0.2, 0.25) is 0 Å². The quantitative estimate of drug-likeness (QED) is 0.708. The van der Waals surface area contributed by atoms with E-state index in [1.54, 1.807) is 39.0 Å². The number of rotatable bonds is 3. The second-order valence-corrected chi connectivity index (χ2v) is 9.17. The van der Waals surface area contributed by atoms with Crippen LogP contribution in [0.5, 0.6) is 0 Å². The average Bonchev–Trinajstić information content (AvgIpc) is 2.99. The predicted octanol–water partition coefficient (Wildman–Crippen LogP) is 3.26. The van der Waals surface area contributed by atoms with Gasteiger partial charge in [0.2, 0.25) is 0 Å². The molecule has 3 aliphatic rings. The molecule has 0 unspecified atom stereocenters. The van der Waals surface area contributed by atoms with Crippen LogP contribution in [-0.2, 0) is 9.47 Å². The number of ether oxygens (including phenoxy) is 2. The molecule has 2 saturated heterocycles. The van der Waals surface area contributed by atoms with E-state index in [-0.39, 0.29) is 30.2 Å². The zero-order chi connectivity index (χ0) is 21.5. The molecule has 1 aromatic carbocycles. The van der Waals surface area contributed by atoms with E-state index in [1.807, 2.05) is 20.8 Å². The monoisotopic (exact) mass is 415 g/mol. The van der Waals surface area contributed by atoms with Gasteiger partial charge in [0.15, 0.2) is 0 Å². The Balaban J connectivity index is 1.39. The number of hydrogen-bond donors (Lipinski definition) is 0. The van der Waals surface area contributed by atoms with Crippen LogP contribution in [0.15, 0.2) is 24.3 Å². The molecule has 4 rings (SSSR count). The molecule has 1 aliphatic carbocycles. The molecule has 2 aliphatic heterocycles. The highest BCUT2D eigenvalue weighted by atomic mass is 16.6. The fourth-order valence-electron chi connectivity index (χ4n) is 3.90. The van der Waals surface area contributed by atoms with E-state index in [0.717, 1.165) is 24.9 Å². The molecule has 0 radical (unpaired) electrons. The summed E-state index contributed by atoms with van der Waals surface area (Å²) in [5.41, 5.74) is 0.678. The normalized spacial score (nSPS) is 21.9. The summed E-state index contributed by atoms with van der Waals surface area (Å²) in [6.45, 7) is 7.39. The van der Waals surface area contributed by atoms with Crippen molar-refractivity contribution in [2.75, 3.05) is 31.1 Å². The molecular formula is C22H29N3O5. The lowest BCUT2D eigenvalue weighted by Crippen LogP contribution is -2.54. The minimum atomic E-state index is -0.548. The maximum Gasteiger partial charge on any atom is 0.410 e. The van der Waals surface area contributed by atoms with Gasteiger partial charge in [0.25, 0.3) is 0 Å². The third kappa shape index (κ3) is 4.22. The third-order valence-corrected chi connectivity index (χ3v) is 5.74. The van der Waals surface area contributed by atoms with Crippen LogP contribution in [0.25, 0.3) is 0 Å². The third-order valence-electron chi connectivity index (χ3n) is 5.74. The smallest absolute Gasteiger partial charge is 0.410 e. The Kier molecular flexibility index (Phi) is 5.34. The number of fused-ring (bicyclic) bond motifs is 1. The molecule has 8 heteroatoms. The van der Waals surface area contributed by atoms with E-state index in [0.29, 0.717) is 31.7 Å². The van der Waals surface area contributed by atoms with Crippen molar-refractivity contribution >= 4 is 23.8 Å². The van der Waals surface area contributed by atoms with E-state index in [4.69, 9.17) is 9.47 Å². The summed E-state index contributed by atoms with van der Waals surface area (Å²) >= 11 is 0. The molecule has 0 N–H and O–H groups in total. The van der Waals surface area contributed by atoms with Crippen LogP contribution in [0, 0.1) is 0 Å². The van der Waals surface area contributed by atoms with Crippen molar-refractivity contribution in [1.82, 2.24) is 9.80 Å². The van der Waals surface area contributed by atoms with Crippen LogP contribution < -0.4 is 4.90 Å². The number of carbonyl (C=O) groups is 3. The lowest BCUT2D eigenvalue weighted by molar-refractivity contribution is 0.00885. The number of benzene rings is 1. The Hall–Kier alpha value is -2.77. The summed E-state index contributed by atoms with van der Waals surface area (Å²) in [6.07, 6.45) is 2.67. The van der Waals surface area contributed by atoms with Gasteiger partial charge in [-0.15, -0.1) is 0 Å². The number of piperazine rings is 1.